The average Bonchev–Trinajstić information content (AvgIpc) is 1.58. The maximum atomic E-state index is 6.52. The highest BCUT2D eigenvalue weighted by molar-refractivity contribution is 7.95. The predicted octanol–water partition coefficient (Wildman–Crippen LogP) is 3.74. The Morgan fingerprint density at radius 2 is 0.818 bits per heavy atom. The van der Waals surface area contributed by atoms with Gasteiger partial charge in [-0.1, -0.05) is 39.3 Å². The van der Waals surface area contributed by atoms with Gasteiger partial charge in [0.25, 0.3) is 0 Å². The van der Waals surface area contributed by atoms with E-state index >= 15 is 0 Å². The normalized spacial score (nSPS) is 15.3. The van der Waals surface area contributed by atoms with Gasteiger partial charge in [-0.25, -0.2) is 0 Å². The van der Waals surface area contributed by atoms with Gasteiger partial charge in [0, 0.05) is 0 Å². The number of halogens is 2. The molecule has 0 atom stereocenters. The third kappa shape index (κ3) is 2.59. The molecular formula is C6H18Cl2Si3. The summed E-state index contributed by atoms with van der Waals surface area (Å²) in [6, 6.07) is 0. The minimum Gasteiger partial charge on any atom is -0.154 e. The molecule has 0 radical (unpaired) electrons. The third-order valence-corrected chi connectivity index (χ3v) is 50.9. The maximum Gasteiger partial charge on any atom is 0.226 e. The first-order valence-electron chi connectivity index (χ1n) is 3.88. The van der Waals surface area contributed by atoms with Crippen LogP contribution in [0.1, 0.15) is 0 Å². The fourth-order valence-electron chi connectivity index (χ4n) is 1.12. The van der Waals surface area contributed by atoms with E-state index in [1.807, 2.05) is 0 Å². The van der Waals surface area contributed by atoms with Crippen LogP contribution < -0.4 is 0 Å². The topological polar surface area (TPSA) is 0 Å². The minimum atomic E-state index is -1.88. The molecule has 0 heterocycles. The minimum absolute atomic E-state index is 1.29. The van der Waals surface area contributed by atoms with Crippen molar-refractivity contribution >= 4 is 43.1 Å². The highest BCUT2D eigenvalue weighted by Gasteiger charge is 2.53. The lowest BCUT2D eigenvalue weighted by Crippen LogP contribution is -2.64. The van der Waals surface area contributed by atoms with Crippen LogP contribution in [-0.2, 0) is 0 Å². The zero-order valence-corrected chi connectivity index (χ0v) is 12.8. The van der Waals surface area contributed by atoms with Gasteiger partial charge in [0.1, 0.15) is 0 Å². The van der Waals surface area contributed by atoms with Gasteiger partial charge in [-0.15, -0.1) is 0 Å². The number of hydrogen-bond donors (Lipinski definition) is 0. The molecule has 0 aromatic carbocycles. The standard InChI is InChI=1S/C6H18Cl2Si3/c1-9(2,3)11(7,8)10(4,5)6/h1-6H3. The molecule has 0 aliphatic heterocycles. The monoisotopic (exact) mass is 244 g/mol. The molecule has 0 aromatic rings. The Morgan fingerprint density at radius 1 is 0.636 bits per heavy atom. The van der Waals surface area contributed by atoms with Crippen molar-refractivity contribution < 1.29 is 0 Å². The summed E-state index contributed by atoms with van der Waals surface area (Å²) >= 11 is 13.0. The van der Waals surface area contributed by atoms with Gasteiger partial charge in [-0.3, -0.25) is 0 Å². The molecule has 0 aliphatic rings. The first-order valence-corrected chi connectivity index (χ1v) is 16.9. The lowest BCUT2D eigenvalue weighted by atomic mass is 11.8. The van der Waals surface area contributed by atoms with Gasteiger partial charge in [-0.2, -0.15) is 22.2 Å². The summed E-state index contributed by atoms with van der Waals surface area (Å²) in [5.41, 5.74) is -1.88. The van der Waals surface area contributed by atoms with Crippen molar-refractivity contribution in [3.05, 3.63) is 0 Å². The molecule has 0 saturated heterocycles. The lowest BCUT2D eigenvalue weighted by molar-refractivity contribution is 1.81. The van der Waals surface area contributed by atoms with Crippen molar-refractivity contribution in [2.45, 2.75) is 39.3 Å². The molecule has 0 amide bonds. The van der Waals surface area contributed by atoms with E-state index in [0.717, 1.165) is 0 Å². The van der Waals surface area contributed by atoms with Crippen LogP contribution in [0, 0.1) is 0 Å². The molecule has 68 valence electrons. The Bertz CT molecular complexity index is 127. The molecule has 11 heavy (non-hydrogen) atoms. The van der Waals surface area contributed by atoms with E-state index in [2.05, 4.69) is 39.3 Å². The predicted molar refractivity (Wildman–Crippen MR) is 64.2 cm³/mol. The molecule has 0 aliphatic carbocycles. The van der Waals surface area contributed by atoms with Crippen molar-refractivity contribution in [3.63, 3.8) is 0 Å². The second-order valence-corrected chi connectivity index (χ2v) is 38.0. The maximum absolute atomic E-state index is 6.52. The van der Waals surface area contributed by atoms with E-state index in [0.29, 0.717) is 0 Å². The molecule has 0 nitrogen and oxygen atoms in total. The first kappa shape index (κ1) is 12.2. The fourth-order valence-corrected chi connectivity index (χ4v) is 30.4. The van der Waals surface area contributed by atoms with E-state index in [9.17, 15) is 0 Å². The van der Waals surface area contributed by atoms with Crippen molar-refractivity contribution in [2.75, 3.05) is 0 Å². The molecule has 0 spiro atoms. The molecule has 0 unspecified atom stereocenters. The van der Waals surface area contributed by atoms with Gasteiger partial charge in [0.15, 0.2) is 0 Å². The first-order chi connectivity index (χ1) is 4.50. The molecular weight excluding hydrogens is 227 g/mol. The molecule has 0 saturated carbocycles. The van der Waals surface area contributed by atoms with Gasteiger partial charge in [-0.05, 0) is 0 Å². The zero-order chi connectivity index (χ0) is 9.50. The number of hydrogen-bond acceptors (Lipinski definition) is 0. The molecule has 0 rings (SSSR count). The van der Waals surface area contributed by atoms with Crippen LogP contribution in [0.25, 0.3) is 0 Å². The SMILES string of the molecule is C[Si](C)(C)[Si](Cl)(Cl)[Si](C)(C)C. The van der Waals surface area contributed by atoms with Crippen molar-refractivity contribution in [3.8, 4) is 0 Å². The van der Waals surface area contributed by atoms with Crippen LogP contribution >= 0.6 is 22.2 Å². The lowest BCUT2D eigenvalue weighted by Gasteiger charge is -2.39. The highest BCUT2D eigenvalue weighted by atomic mass is 35.7. The van der Waals surface area contributed by atoms with E-state index in [4.69, 9.17) is 22.2 Å². The molecule has 0 N–H and O–H groups in total. The Morgan fingerprint density at radius 3 is 0.818 bits per heavy atom. The van der Waals surface area contributed by atoms with Crippen LogP contribution in [0.2, 0.25) is 39.3 Å². The molecule has 0 bridgehead atoms. The highest BCUT2D eigenvalue weighted by Crippen LogP contribution is 2.35. The largest absolute Gasteiger partial charge is 0.226 e. The summed E-state index contributed by atoms with van der Waals surface area (Å²) in [6.45, 7) is 13.7. The number of rotatable bonds is 2. The van der Waals surface area contributed by atoms with Crippen LogP contribution in [0.15, 0.2) is 0 Å². The molecule has 5 heteroatoms. The van der Waals surface area contributed by atoms with Gasteiger partial charge in [0.2, 0.25) is 5.73 Å². The summed E-state index contributed by atoms with van der Waals surface area (Å²) in [5, 5.41) is 0. The molecule has 0 aromatic heterocycles. The summed E-state index contributed by atoms with van der Waals surface area (Å²) in [4.78, 5) is 0. The zero-order valence-electron chi connectivity index (χ0n) is 8.26. The smallest absolute Gasteiger partial charge is 0.154 e. The van der Waals surface area contributed by atoms with E-state index in [1.54, 1.807) is 0 Å². The summed E-state index contributed by atoms with van der Waals surface area (Å²) in [5.74, 6) is 0. The van der Waals surface area contributed by atoms with Crippen molar-refractivity contribution in [1.29, 1.82) is 0 Å². The van der Waals surface area contributed by atoms with Crippen LogP contribution in [0.3, 0.4) is 0 Å². The second kappa shape index (κ2) is 3.18. The van der Waals surface area contributed by atoms with Gasteiger partial charge < -0.3 is 0 Å². The van der Waals surface area contributed by atoms with E-state index < -0.39 is 20.9 Å². The Hall–Kier alpha value is 1.23. The fraction of sp³-hybridized carbons (Fsp3) is 1.00. The van der Waals surface area contributed by atoms with E-state index in [1.165, 1.54) is 0 Å². The van der Waals surface area contributed by atoms with Crippen LogP contribution in [0.4, 0.5) is 0 Å². The Kier molecular flexibility index (Phi) is 3.53. The van der Waals surface area contributed by atoms with Gasteiger partial charge >= 0.3 is 0 Å². The quantitative estimate of drug-likeness (QED) is 0.513. The van der Waals surface area contributed by atoms with Crippen LogP contribution in [0.5, 0.6) is 0 Å². The van der Waals surface area contributed by atoms with Gasteiger partial charge in [0.05, 0.1) is 15.2 Å². The third-order valence-electron chi connectivity index (χ3n) is 1.88. The summed E-state index contributed by atoms with van der Waals surface area (Å²) < 4.78 is 0. The van der Waals surface area contributed by atoms with E-state index in [-0.39, 0.29) is 0 Å². The van der Waals surface area contributed by atoms with Crippen molar-refractivity contribution in [1.82, 2.24) is 0 Å². The average molecular weight is 245 g/mol. The van der Waals surface area contributed by atoms with Crippen molar-refractivity contribution in [2.24, 2.45) is 0 Å². The summed E-state index contributed by atoms with van der Waals surface area (Å²) in [7, 11) is -2.58. The summed E-state index contributed by atoms with van der Waals surface area (Å²) in [6.07, 6.45) is 0. The molecule has 0 fully saturated rings. The second-order valence-electron chi connectivity index (χ2n) is 5.07. The Balaban J connectivity index is 4.75. The Labute approximate surface area is 82.3 Å². The van der Waals surface area contributed by atoms with Crippen LogP contribution in [-0.4, -0.2) is 20.9 Å².